The number of methoxy groups -OCH3 is 1. The highest BCUT2D eigenvalue weighted by Crippen LogP contribution is 2.18. The van der Waals surface area contributed by atoms with Crippen LogP contribution in [0.1, 0.15) is 29.5 Å². The summed E-state index contributed by atoms with van der Waals surface area (Å²) < 4.78 is 15.2. The van der Waals surface area contributed by atoms with Gasteiger partial charge in [0.2, 0.25) is 0 Å². The van der Waals surface area contributed by atoms with Crippen molar-refractivity contribution < 1.29 is 18.7 Å². The van der Waals surface area contributed by atoms with Gasteiger partial charge in [-0.3, -0.25) is 0 Å². The Kier molecular flexibility index (Phi) is 3.49. The van der Waals surface area contributed by atoms with Gasteiger partial charge in [0.1, 0.15) is 12.0 Å². The Morgan fingerprint density at radius 1 is 1.65 bits per heavy atom. The van der Waals surface area contributed by atoms with Crippen LogP contribution >= 0.6 is 0 Å². The van der Waals surface area contributed by atoms with Crippen LogP contribution in [0.3, 0.4) is 0 Å². The highest BCUT2D eigenvalue weighted by Gasteiger charge is 2.29. The SMILES string of the molecule is COC(=O)c1coc(CNC2(C)CCOC2)c1. The molecule has 2 heterocycles. The number of esters is 1. The van der Waals surface area contributed by atoms with Gasteiger partial charge in [0.15, 0.2) is 0 Å². The minimum atomic E-state index is -0.379. The third-order valence-corrected chi connectivity index (χ3v) is 2.98. The fourth-order valence-electron chi connectivity index (χ4n) is 1.81. The lowest BCUT2D eigenvalue weighted by Gasteiger charge is -2.22. The first-order valence-electron chi connectivity index (χ1n) is 5.61. The van der Waals surface area contributed by atoms with Crippen molar-refractivity contribution >= 4 is 5.97 Å². The van der Waals surface area contributed by atoms with Gasteiger partial charge < -0.3 is 19.2 Å². The van der Waals surface area contributed by atoms with Crippen LogP contribution in [0.4, 0.5) is 0 Å². The van der Waals surface area contributed by atoms with Crippen LogP contribution in [-0.2, 0) is 16.0 Å². The number of rotatable bonds is 4. The molecule has 0 spiro atoms. The van der Waals surface area contributed by atoms with Crippen LogP contribution < -0.4 is 5.32 Å². The van der Waals surface area contributed by atoms with Gasteiger partial charge in [0.25, 0.3) is 0 Å². The first-order chi connectivity index (χ1) is 8.13. The molecule has 0 saturated carbocycles. The molecule has 1 aromatic rings. The average Bonchev–Trinajstić information content (AvgIpc) is 2.95. The molecule has 1 atom stereocenters. The van der Waals surface area contributed by atoms with E-state index >= 15 is 0 Å². The number of furan rings is 1. The maximum absolute atomic E-state index is 11.2. The molecular weight excluding hydrogens is 222 g/mol. The second-order valence-corrected chi connectivity index (χ2v) is 4.51. The highest BCUT2D eigenvalue weighted by molar-refractivity contribution is 5.88. The summed E-state index contributed by atoms with van der Waals surface area (Å²) in [4.78, 5) is 11.2. The van der Waals surface area contributed by atoms with E-state index < -0.39 is 0 Å². The number of ether oxygens (including phenoxy) is 2. The van der Waals surface area contributed by atoms with Gasteiger partial charge >= 0.3 is 5.97 Å². The molecule has 17 heavy (non-hydrogen) atoms. The molecule has 5 heteroatoms. The monoisotopic (exact) mass is 239 g/mol. The van der Waals surface area contributed by atoms with Crippen molar-refractivity contribution in [3.63, 3.8) is 0 Å². The minimum Gasteiger partial charge on any atom is -0.467 e. The number of hydrogen-bond donors (Lipinski definition) is 1. The van der Waals surface area contributed by atoms with Gasteiger partial charge in [0, 0.05) is 12.1 Å². The smallest absolute Gasteiger partial charge is 0.341 e. The molecular formula is C12H17NO4. The summed E-state index contributed by atoms with van der Waals surface area (Å²) in [7, 11) is 1.35. The van der Waals surface area contributed by atoms with Crippen molar-refractivity contribution in [3.8, 4) is 0 Å². The number of carbonyl (C=O) groups excluding carboxylic acids is 1. The zero-order valence-electron chi connectivity index (χ0n) is 10.1. The molecule has 94 valence electrons. The Bertz CT molecular complexity index is 393. The van der Waals surface area contributed by atoms with Crippen molar-refractivity contribution in [2.45, 2.75) is 25.4 Å². The summed E-state index contributed by atoms with van der Waals surface area (Å²) in [6.45, 7) is 4.19. The van der Waals surface area contributed by atoms with Crippen molar-refractivity contribution in [3.05, 3.63) is 23.7 Å². The molecule has 1 aromatic heterocycles. The molecule has 0 aromatic carbocycles. The molecule has 0 amide bonds. The molecule has 1 unspecified atom stereocenters. The third-order valence-electron chi connectivity index (χ3n) is 2.98. The molecule has 2 rings (SSSR count). The molecule has 1 aliphatic heterocycles. The molecule has 1 aliphatic rings. The molecule has 5 nitrogen and oxygen atoms in total. The number of hydrogen-bond acceptors (Lipinski definition) is 5. The quantitative estimate of drug-likeness (QED) is 0.803. The fraction of sp³-hybridized carbons (Fsp3) is 0.583. The van der Waals surface area contributed by atoms with Crippen LogP contribution in [0.2, 0.25) is 0 Å². The van der Waals surface area contributed by atoms with E-state index in [2.05, 4.69) is 17.0 Å². The molecule has 0 bridgehead atoms. The Morgan fingerprint density at radius 2 is 2.47 bits per heavy atom. The summed E-state index contributed by atoms with van der Waals surface area (Å²) in [6.07, 6.45) is 2.40. The Balaban J connectivity index is 1.91. The summed E-state index contributed by atoms with van der Waals surface area (Å²) in [6, 6.07) is 1.69. The van der Waals surface area contributed by atoms with Crippen LogP contribution in [-0.4, -0.2) is 31.8 Å². The fourth-order valence-corrected chi connectivity index (χ4v) is 1.81. The van der Waals surface area contributed by atoms with E-state index in [1.54, 1.807) is 6.07 Å². The van der Waals surface area contributed by atoms with Crippen LogP contribution in [0.25, 0.3) is 0 Å². The van der Waals surface area contributed by atoms with E-state index in [9.17, 15) is 4.79 Å². The Morgan fingerprint density at radius 3 is 3.12 bits per heavy atom. The van der Waals surface area contributed by atoms with Gasteiger partial charge in [-0.25, -0.2) is 4.79 Å². The van der Waals surface area contributed by atoms with E-state index in [4.69, 9.17) is 9.15 Å². The number of carbonyl (C=O) groups is 1. The first kappa shape index (κ1) is 12.1. The summed E-state index contributed by atoms with van der Waals surface area (Å²) in [5.74, 6) is 0.342. The summed E-state index contributed by atoms with van der Waals surface area (Å²) in [5.41, 5.74) is 0.440. The molecule has 0 aliphatic carbocycles. The molecule has 1 fully saturated rings. The van der Waals surface area contributed by atoms with E-state index in [1.807, 2.05) is 0 Å². The van der Waals surface area contributed by atoms with E-state index in [0.717, 1.165) is 18.8 Å². The lowest BCUT2D eigenvalue weighted by atomic mass is 10.0. The number of nitrogens with one attached hydrogen (secondary N) is 1. The van der Waals surface area contributed by atoms with E-state index in [0.29, 0.717) is 18.7 Å². The standard InChI is InChI=1S/C12H17NO4/c1-12(3-4-16-8-12)13-6-10-5-9(7-17-10)11(14)15-2/h5,7,13H,3-4,6,8H2,1-2H3. The highest BCUT2D eigenvalue weighted by atomic mass is 16.5. The zero-order chi connectivity index (χ0) is 12.3. The second kappa shape index (κ2) is 4.89. The van der Waals surface area contributed by atoms with Crippen molar-refractivity contribution in [1.29, 1.82) is 0 Å². The van der Waals surface area contributed by atoms with Crippen molar-refractivity contribution in [1.82, 2.24) is 5.32 Å². The largest absolute Gasteiger partial charge is 0.467 e. The maximum atomic E-state index is 11.2. The van der Waals surface area contributed by atoms with Crippen molar-refractivity contribution in [2.75, 3.05) is 20.3 Å². The summed E-state index contributed by atoms with van der Waals surface area (Å²) in [5, 5.41) is 3.37. The van der Waals surface area contributed by atoms with Gasteiger partial charge in [0.05, 0.1) is 25.8 Å². The Labute approximate surface area is 100 Å². The molecule has 1 saturated heterocycles. The van der Waals surface area contributed by atoms with E-state index in [1.165, 1.54) is 13.4 Å². The third kappa shape index (κ3) is 2.87. The lowest BCUT2D eigenvalue weighted by Crippen LogP contribution is -2.42. The Hall–Kier alpha value is -1.33. The van der Waals surface area contributed by atoms with Gasteiger partial charge in [-0.05, 0) is 19.4 Å². The van der Waals surface area contributed by atoms with Crippen molar-refractivity contribution in [2.24, 2.45) is 0 Å². The second-order valence-electron chi connectivity index (χ2n) is 4.51. The first-order valence-corrected chi connectivity index (χ1v) is 5.61. The lowest BCUT2D eigenvalue weighted by molar-refractivity contribution is 0.0600. The minimum absolute atomic E-state index is 0.00177. The molecule has 1 N–H and O–H groups in total. The van der Waals surface area contributed by atoms with Crippen LogP contribution in [0, 0.1) is 0 Å². The normalized spacial score (nSPS) is 23.9. The molecule has 0 radical (unpaired) electrons. The van der Waals surface area contributed by atoms with Crippen LogP contribution in [0.5, 0.6) is 0 Å². The maximum Gasteiger partial charge on any atom is 0.341 e. The predicted molar refractivity (Wildman–Crippen MR) is 60.7 cm³/mol. The van der Waals surface area contributed by atoms with Crippen LogP contribution in [0.15, 0.2) is 16.7 Å². The topological polar surface area (TPSA) is 60.7 Å². The average molecular weight is 239 g/mol. The van der Waals surface area contributed by atoms with Gasteiger partial charge in [-0.15, -0.1) is 0 Å². The zero-order valence-corrected chi connectivity index (χ0v) is 10.1. The predicted octanol–water partition coefficient (Wildman–Crippen LogP) is 1.33. The van der Waals surface area contributed by atoms with Gasteiger partial charge in [-0.2, -0.15) is 0 Å². The summed E-state index contributed by atoms with van der Waals surface area (Å²) >= 11 is 0. The van der Waals surface area contributed by atoms with E-state index in [-0.39, 0.29) is 11.5 Å². The van der Waals surface area contributed by atoms with Gasteiger partial charge in [-0.1, -0.05) is 0 Å².